The van der Waals surface area contributed by atoms with E-state index in [1.54, 1.807) is 18.2 Å². The third-order valence-electron chi connectivity index (χ3n) is 3.81. The number of nitrogens with one attached hydrogen (secondary N) is 3. The molecule has 0 aliphatic rings. The number of hydrogen-bond acceptors (Lipinski definition) is 5. The minimum atomic E-state index is -0.473. The second kappa shape index (κ2) is 13.2. The molecule has 0 aliphatic heterocycles. The maximum Gasteiger partial charge on any atom is 0.264 e. The van der Waals surface area contributed by atoms with Crippen molar-refractivity contribution in [3.8, 4) is 11.5 Å². The molecule has 32 heavy (non-hydrogen) atoms. The largest absolute Gasteiger partial charge is 0.492 e. The summed E-state index contributed by atoms with van der Waals surface area (Å²) in [6.45, 7) is 1.90. The van der Waals surface area contributed by atoms with Gasteiger partial charge in [-0.05, 0) is 77.4 Å². The molecular formula is C20H19Br2Cl2N3O4S. The first-order valence-electron chi connectivity index (χ1n) is 9.20. The zero-order chi connectivity index (χ0) is 23.7. The Labute approximate surface area is 217 Å². The quantitative estimate of drug-likeness (QED) is 0.215. The molecular weight excluding hydrogens is 609 g/mol. The van der Waals surface area contributed by atoms with Crippen molar-refractivity contribution in [1.82, 2.24) is 16.2 Å². The molecule has 2 aromatic carbocycles. The zero-order valence-corrected chi connectivity index (χ0v) is 22.3. The van der Waals surface area contributed by atoms with E-state index in [-0.39, 0.29) is 24.0 Å². The minimum Gasteiger partial charge on any atom is -0.492 e. The van der Waals surface area contributed by atoms with Gasteiger partial charge >= 0.3 is 0 Å². The van der Waals surface area contributed by atoms with Crippen molar-refractivity contribution in [1.29, 1.82) is 0 Å². The topological polar surface area (TPSA) is 88.7 Å². The van der Waals surface area contributed by atoms with E-state index < -0.39 is 5.91 Å². The van der Waals surface area contributed by atoms with Gasteiger partial charge in [0.25, 0.3) is 5.91 Å². The molecule has 2 aromatic rings. The molecule has 0 heterocycles. The number of thiocarbonyl (C=S) groups is 1. The summed E-state index contributed by atoms with van der Waals surface area (Å²) in [6.07, 6.45) is 0.621. The molecule has 0 aliphatic carbocycles. The van der Waals surface area contributed by atoms with Crippen LogP contribution in [-0.4, -0.2) is 30.1 Å². The highest BCUT2D eigenvalue weighted by atomic mass is 79.9. The molecule has 12 heteroatoms. The molecule has 0 saturated carbocycles. The molecule has 0 fully saturated rings. The second-order valence-electron chi connectivity index (χ2n) is 6.40. The van der Waals surface area contributed by atoms with Gasteiger partial charge in [-0.3, -0.25) is 25.8 Å². The number of amides is 2. The average molecular weight is 628 g/mol. The van der Waals surface area contributed by atoms with Crippen LogP contribution in [0.3, 0.4) is 0 Å². The lowest BCUT2D eigenvalue weighted by Crippen LogP contribution is -2.49. The van der Waals surface area contributed by atoms with Gasteiger partial charge in [0, 0.05) is 15.9 Å². The van der Waals surface area contributed by atoms with Crippen molar-refractivity contribution in [2.24, 2.45) is 0 Å². The third kappa shape index (κ3) is 9.11. The highest BCUT2D eigenvalue weighted by Gasteiger charge is 2.11. The number of hydrazine groups is 1. The molecule has 0 spiro atoms. The molecule has 0 bridgehead atoms. The normalized spacial score (nSPS) is 10.3. The Morgan fingerprint density at radius 1 is 1.06 bits per heavy atom. The van der Waals surface area contributed by atoms with E-state index in [4.69, 9.17) is 44.9 Å². The molecule has 0 saturated heterocycles. The molecule has 0 radical (unpaired) electrons. The van der Waals surface area contributed by atoms with Gasteiger partial charge in [0.2, 0.25) is 5.91 Å². The fourth-order valence-corrected chi connectivity index (χ4v) is 4.58. The summed E-state index contributed by atoms with van der Waals surface area (Å²) in [7, 11) is 0. The number of carbonyl (C=O) groups excluding carboxylic acids is 2. The summed E-state index contributed by atoms with van der Waals surface area (Å²) in [5, 5.41) is 3.28. The van der Waals surface area contributed by atoms with E-state index >= 15 is 0 Å². The monoisotopic (exact) mass is 625 g/mol. The predicted octanol–water partition coefficient (Wildman–Crippen LogP) is 5.09. The minimum absolute atomic E-state index is 0.0530. The van der Waals surface area contributed by atoms with Gasteiger partial charge in [0.15, 0.2) is 11.7 Å². The lowest BCUT2D eigenvalue weighted by molar-refractivity contribution is -0.123. The van der Waals surface area contributed by atoms with E-state index in [1.165, 1.54) is 0 Å². The molecule has 172 valence electrons. The lowest BCUT2D eigenvalue weighted by Gasteiger charge is -2.13. The fraction of sp³-hybridized carbons (Fsp3) is 0.250. The van der Waals surface area contributed by atoms with Crippen LogP contribution >= 0.6 is 67.3 Å². The Morgan fingerprint density at radius 3 is 2.50 bits per heavy atom. The number of carbonyl (C=O) groups is 2. The Kier molecular flexibility index (Phi) is 11.0. The molecule has 2 amide bonds. The summed E-state index contributed by atoms with van der Waals surface area (Å²) in [6, 6.07) is 8.59. The molecule has 0 atom stereocenters. The smallest absolute Gasteiger partial charge is 0.264 e. The summed E-state index contributed by atoms with van der Waals surface area (Å²) in [5.41, 5.74) is 5.73. The van der Waals surface area contributed by atoms with Crippen LogP contribution in [0.5, 0.6) is 11.5 Å². The van der Waals surface area contributed by atoms with Gasteiger partial charge in [-0.25, -0.2) is 0 Å². The van der Waals surface area contributed by atoms with E-state index in [2.05, 4.69) is 48.0 Å². The van der Waals surface area contributed by atoms with Crippen LogP contribution in [0.1, 0.15) is 18.4 Å². The van der Waals surface area contributed by atoms with Crippen LogP contribution in [0.4, 0.5) is 0 Å². The Balaban J connectivity index is 1.63. The number of benzene rings is 2. The third-order valence-corrected chi connectivity index (χ3v) is 5.59. The van der Waals surface area contributed by atoms with Gasteiger partial charge in [-0.2, -0.15) is 0 Å². The average Bonchev–Trinajstić information content (AvgIpc) is 2.70. The molecule has 3 N–H and O–H groups in total. The lowest BCUT2D eigenvalue weighted by atomic mass is 10.2. The van der Waals surface area contributed by atoms with Gasteiger partial charge < -0.3 is 9.47 Å². The molecule has 2 rings (SSSR count). The first-order chi connectivity index (χ1) is 15.2. The van der Waals surface area contributed by atoms with Crippen LogP contribution in [-0.2, 0) is 9.59 Å². The Morgan fingerprint density at radius 2 is 1.81 bits per heavy atom. The first-order valence-corrected chi connectivity index (χ1v) is 12.0. The van der Waals surface area contributed by atoms with E-state index in [0.29, 0.717) is 39.0 Å². The maximum absolute atomic E-state index is 12.0. The van der Waals surface area contributed by atoms with Crippen molar-refractivity contribution in [2.45, 2.75) is 19.8 Å². The first kappa shape index (κ1) is 26.7. The van der Waals surface area contributed by atoms with Crippen molar-refractivity contribution in [2.75, 3.05) is 13.2 Å². The SMILES string of the molecule is Cc1cc(Br)cc(Br)c1OCC(=O)NC(=S)NNC(=O)CCCOc1ccc(Cl)cc1Cl. The number of aryl methyl sites for hydroxylation is 1. The van der Waals surface area contributed by atoms with Crippen LogP contribution in [0.15, 0.2) is 39.3 Å². The van der Waals surface area contributed by atoms with E-state index in [0.717, 1.165) is 10.0 Å². The highest BCUT2D eigenvalue weighted by Crippen LogP contribution is 2.32. The van der Waals surface area contributed by atoms with Gasteiger partial charge in [0.1, 0.15) is 11.5 Å². The van der Waals surface area contributed by atoms with Crippen LogP contribution < -0.4 is 25.6 Å². The number of hydrogen-bond donors (Lipinski definition) is 3. The van der Waals surface area contributed by atoms with Crippen LogP contribution in [0.2, 0.25) is 10.0 Å². The van der Waals surface area contributed by atoms with Crippen LogP contribution in [0, 0.1) is 6.92 Å². The standard InChI is InChI=1S/C20H19Br2Cl2N3O4S/c1-11-7-12(21)8-14(22)19(11)31-10-18(29)25-20(32)27-26-17(28)3-2-6-30-16-5-4-13(23)9-15(16)24/h4-5,7-9H,2-3,6,10H2,1H3,(H,26,28)(H2,25,27,29,32). The summed E-state index contributed by atoms with van der Waals surface area (Å²) in [4.78, 5) is 23.9. The summed E-state index contributed by atoms with van der Waals surface area (Å²) in [5.74, 6) is 0.251. The summed E-state index contributed by atoms with van der Waals surface area (Å²) >= 11 is 23.6. The van der Waals surface area contributed by atoms with Crippen molar-refractivity contribution in [3.05, 3.63) is 54.9 Å². The second-order valence-corrected chi connectivity index (χ2v) is 9.42. The summed E-state index contributed by atoms with van der Waals surface area (Å²) < 4.78 is 12.7. The van der Waals surface area contributed by atoms with Crippen molar-refractivity contribution in [3.63, 3.8) is 0 Å². The zero-order valence-electron chi connectivity index (χ0n) is 16.8. The Bertz CT molecular complexity index is 988. The van der Waals surface area contributed by atoms with Crippen LogP contribution in [0.25, 0.3) is 0 Å². The van der Waals surface area contributed by atoms with Gasteiger partial charge in [0.05, 0.1) is 16.1 Å². The molecule has 7 nitrogen and oxygen atoms in total. The van der Waals surface area contributed by atoms with E-state index in [9.17, 15) is 9.59 Å². The number of halogens is 4. The maximum atomic E-state index is 12.0. The van der Waals surface area contributed by atoms with Crippen molar-refractivity contribution < 1.29 is 19.1 Å². The Hall–Kier alpha value is -1.59. The molecule has 0 aromatic heterocycles. The number of rotatable bonds is 8. The number of ether oxygens (including phenoxy) is 2. The van der Waals surface area contributed by atoms with E-state index in [1.807, 2.05) is 19.1 Å². The predicted molar refractivity (Wildman–Crippen MR) is 135 cm³/mol. The fourth-order valence-electron chi connectivity index (χ4n) is 2.40. The van der Waals surface area contributed by atoms with Gasteiger partial charge in [-0.15, -0.1) is 0 Å². The van der Waals surface area contributed by atoms with Crippen molar-refractivity contribution >= 4 is 84.2 Å². The molecule has 0 unspecified atom stereocenters. The highest BCUT2D eigenvalue weighted by molar-refractivity contribution is 9.11. The van der Waals surface area contributed by atoms with Gasteiger partial charge in [-0.1, -0.05) is 39.1 Å².